The smallest absolute Gasteiger partial charge is 0.0656 e. The number of anilines is 1. The van der Waals surface area contributed by atoms with Gasteiger partial charge in [0.25, 0.3) is 0 Å². The monoisotopic (exact) mass is 236 g/mol. The second-order valence-electron chi connectivity index (χ2n) is 4.36. The highest BCUT2D eigenvalue weighted by Crippen LogP contribution is 2.30. The molecule has 0 atom stereocenters. The van der Waals surface area contributed by atoms with E-state index in [0.717, 1.165) is 5.69 Å². The number of fused-ring (bicyclic) bond motifs is 3. The molecule has 0 bridgehead atoms. The highest BCUT2D eigenvalue weighted by molar-refractivity contribution is 6.11. The molecule has 4 nitrogen and oxygen atoms in total. The third-order valence-corrected chi connectivity index (χ3v) is 3.24. The van der Waals surface area contributed by atoms with Crippen molar-refractivity contribution in [1.82, 2.24) is 15.3 Å². The molecule has 0 spiro atoms. The molecule has 0 aliphatic carbocycles. The summed E-state index contributed by atoms with van der Waals surface area (Å²) in [5, 5.41) is 10.7. The van der Waals surface area contributed by atoms with Crippen LogP contribution in [0.5, 0.6) is 0 Å². The molecule has 0 radical (unpaired) electrons. The molecule has 88 valence electrons. The number of nitrogens with one attached hydrogen (secondary N) is 3. The quantitative estimate of drug-likeness (QED) is 0.459. The first kappa shape index (κ1) is 9.41. The van der Waals surface area contributed by atoms with Gasteiger partial charge in [-0.2, -0.15) is 10.4 Å². The number of hydrogen-bond acceptors (Lipinski definition) is 1. The lowest BCUT2D eigenvalue weighted by atomic mass is 10.0. The topological polar surface area (TPSA) is 48.5 Å². The molecule has 0 saturated carbocycles. The van der Waals surface area contributed by atoms with Crippen molar-refractivity contribution in [2.75, 3.05) is 5.43 Å². The Hall–Kier alpha value is -2.62. The predicted octanol–water partition coefficient (Wildman–Crippen LogP) is 3.33. The maximum atomic E-state index is 3.23. The van der Waals surface area contributed by atoms with Crippen molar-refractivity contribution in [3.8, 4) is 0 Å². The first-order valence-corrected chi connectivity index (χ1v) is 5.90. The molecule has 18 heavy (non-hydrogen) atoms. The summed E-state index contributed by atoms with van der Waals surface area (Å²) >= 11 is 0. The first-order chi connectivity index (χ1) is 8.92. The molecular formula is C14H12N4. The van der Waals surface area contributed by atoms with Gasteiger partial charge in [0.2, 0.25) is 0 Å². The Morgan fingerprint density at radius 3 is 2.44 bits per heavy atom. The summed E-state index contributed by atoms with van der Waals surface area (Å²) < 4.78 is 0. The van der Waals surface area contributed by atoms with Crippen LogP contribution in [-0.2, 0) is 0 Å². The molecule has 3 aromatic carbocycles. The van der Waals surface area contributed by atoms with Gasteiger partial charge in [0.05, 0.1) is 5.69 Å². The largest absolute Gasteiger partial charge is 0.262 e. The van der Waals surface area contributed by atoms with Crippen molar-refractivity contribution >= 4 is 27.2 Å². The minimum atomic E-state index is 1.08. The van der Waals surface area contributed by atoms with Crippen LogP contribution in [0.25, 0.3) is 21.5 Å². The molecule has 4 aromatic rings. The average Bonchev–Trinajstić information content (AvgIpc) is 3.23. The molecule has 4 rings (SSSR count). The van der Waals surface area contributed by atoms with E-state index in [0.29, 0.717) is 0 Å². The lowest BCUT2D eigenvalue weighted by Gasteiger charge is -2.08. The lowest BCUT2D eigenvalue weighted by Crippen LogP contribution is -2.01. The molecule has 0 amide bonds. The van der Waals surface area contributed by atoms with Crippen LogP contribution in [0.3, 0.4) is 0 Å². The van der Waals surface area contributed by atoms with E-state index in [1.807, 2.05) is 0 Å². The number of aromatic nitrogens is 3. The summed E-state index contributed by atoms with van der Waals surface area (Å²) in [7, 11) is 0. The van der Waals surface area contributed by atoms with Gasteiger partial charge >= 0.3 is 0 Å². The second kappa shape index (κ2) is 3.43. The number of H-pyrrole nitrogens is 2. The van der Waals surface area contributed by atoms with Crippen LogP contribution in [-0.4, -0.2) is 15.3 Å². The normalized spacial score (nSPS) is 11.3. The zero-order valence-electron chi connectivity index (χ0n) is 9.64. The fraction of sp³-hybridized carbons (Fsp3) is 0. The van der Waals surface area contributed by atoms with Gasteiger partial charge in [-0.05, 0) is 22.2 Å². The Morgan fingerprint density at radius 1 is 0.722 bits per heavy atom. The minimum absolute atomic E-state index is 1.08. The van der Waals surface area contributed by atoms with Crippen molar-refractivity contribution in [1.29, 1.82) is 0 Å². The molecule has 0 aliphatic heterocycles. The molecule has 0 fully saturated rings. The standard InChI is InChI=1S/C14H12N4/c1-2-5-11-10(4-1)8-9-13-12(11)6-3-7-14(13)15-18-16-17-18/h1-9,15-17H. The van der Waals surface area contributed by atoms with E-state index in [1.54, 1.807) is 4.91 Å². The van der Waals surface area contributed by atoms with E-state index >= 15 is 0 Å². The number of hydrogen-bond donors (Lipinski definition) is 3. The molecule has 1 heterocycles. The van der Waals surface area contributed by atoms with Gasteiger partial charge in [-0.1, -0.05) is 48.5 Å². The van der Waals surface area contributed by atoms with Gasteiger partial charge in [-0.15, -0.1) is 4.91 Å². The fourth-order valence-electron chi connectivity index (χ4n) is 2.34. The summed E-state index contributed by atoms with van der Waals surface area (Å²) in [6.45, 7) is 0. The molecule has 1 aromatic heterocycles. The zero-order valence-corrected chi connectivity index (χ0v) is 9.64. The van der Waals surface area contributed by atoms with Gasteiger partial charge in [0.1, 0.15) is 0 Å². The van der Waals surface area contributed by atoms with Gasteiger partial charge < -0.3 is 0 Å². The van der Waals surface area contributed by atoms with Crippen LogP contribution < -0.4 is 5.43 Å². The molecule has 0 unspecified atom stereocenters. The van der Waals surface area contributed by atoms with E-state index in [2.05, 4.69) is 70.4 Å². The van der Waals surface area contributed by atoms with Gasteiger partial charge in [0.15, 0.2) is 0 Å². The Kier molecular flexibility index (Phi) is 1.80. The van der Waals surface area contributed by atoms with E-state index < -0.39 is 0 Å². The highest BCUT2D eigenvalue weighted by atomic mass is 15.9. The molecule has 0 saturated heterocycles. The van der Waals surface area contributed by atoms with Crippen LogP contribution >= 0.6 is 0 Å². The van der Waals surface area contributed by atoms with E-state index in [4.69, 9.17) is 0 Å². The van der Waals surface area contributed by atoms with Crippen LogP contribution in [0.2, 0.25) is 0 Å². The van der Waals surface area contributed by atoms with Crippen molar-refractivity contribution in [2.45, 2.75) is 0 Å². The maximum Gasteiger partial charge on any atom is 0.0656 e. The van der Waals surface area contributed by atoms with Crippen LogP contribution in [0.4, 0.5) is 5.69 Å². The number of nitrogens with zero attached hydrogens (tertiary/aromatic N) is 1. The van der Waals surface area contributed by atoms with Crippen LogP contribution in [0.15, 0.2) is 54.6 Å². The second-order valence-corrected chi connectivity index (χ2v) is 4.36. The molecule has 0 aliphatic rings. The van der Waals surface area contributed by atoms with Crippen molar-refractivity contribution < 1.29 is 0 Å². The molecular weight excluding hydrogens is 224 g/mol. The first-order valence-electron chi connectivity index (χ1n) is 5.90. The number of aromatic amines is 2. The SMILES string of the molecule is c1ccc2c(c1)ccc1c(Nn3[nH][nH]3)cccc12. The minimum Gasteiger partial charge on any atom is -0.262 e. The highest BCUT2D eigenvalue weighted by Gasteiger charge is 2.05. The Labute approximate surface area is 103 Å². The Balaban J connectivity index is 2.05. The summed E-state index contributed by atoms with van der Waals surface area (Å²) in [5.41, 5.74) is 4.31. The van der Waals surface area contributed by atoms with Crippen LogP contribution in [0.1, 0.15) is 0 Å². The van der Waals surface area contributed by atoms with E-state index in [-0.39, 0.29) is 0 Å². The number of benzene rings is 3. The zero-order chi connectivity index (χ0) is 11.9. The third-order valence-electron chi connectivity index (χ3n) is 3.24. The van der Waals surface area contributed by atoms with E-state index in [9.17, 15) is 0 Å². The van der Waals surface area contributed by atoms with Crippen LogP contribution in [0, 0.1) is 0 Å². The van der Waals surface area contributed by atoms with Gasteiger partial charge in [-0.25, -0.2) is 0 Å². The van der Waals surface area contributed by atoms with Gasteiger partial charge in [-0.3, -0.25) is 5.43 Å². The third kappa shape index (κ3) is 1.39. The average molecular weight is 236 g/mol. The summed E-state index contributed by atoms with van der Waals surface area (Å²) in [5.74, 6) is 0. The van der Waals surface area contributed by atoms with Gasteiger partial charge in [0, 0.05) is 5.39 Å². The van der Waals surface area contributed by atoms with Crippen molar-refractivity contribution in [3.63, 3.8) is 0 Å². The lowest BCUT2D eigenvalue weighted by molar-refractivity contribution is 0.953. The molecule has 3 N–H and O–H groups in total. The van der Waals surface area contributed by atoms with Crippen molar-refractivity contribution in [3.05, 3.63) is 54.6 Å². The fourth-order valence-corrected chi connectivity index (χ4v) is 2.34. The summed E-state index contributed by atoms with van der Waals surface area (Å²) in [6, 6.07) is 19.1. The summed E-state index contributed by atoms with van der Waals surface area (Å²) in [6.07, 6.45) is 0. The van der Waals surface area contributed by atoms with Crippen molar-refractivity contribution in [2.24, 2.45) is 0 Å². The molecule has 4 heteroatoms. The Bertz CT molecular complexity index is 810. The maximum absolute atomic E-state index is 3.23. The summed E-state index contributed by atoms with van der Waals surface area (Å²) in [4.78, 5) is 1.71. The predicted molar refractivity (Wildman–Crippen MR) is 73.6 cm³/mol. The number of rotatable bonds is 2. The Morgan fingerprint density at radius 2 is 1.56 bits per heavy atom. The van der Waals surface area contributed by atoms with E-state index in [1.165, 1.54) is 21.5 Å².